The number of rotatable bonds is 5. The minimum absolute atomic E-state index is 0.0224. The molecule has 2 aromatic heterocycles. The van der Waals surface area contributed by atoms with Crippen molar-refractivity contribution in [1.29, 1.82) is 0 Å². The summed E-state index contributed by atoms with van der Waals surface area (Å²) in [5.74, 6) is -0.304. The van der Waals surface area contributed by atoms with E-state index in [0.29, 0.717) is 37.9 Å². The molecule has 1 aliphatic heterocycles. The van der Waals surface area contributed by atoms with E-state index in [4.69, 9.17) is 5.73 Å². The highest BCUT2D eigenvalue weighted by Crippen LogP contribution is 2.36. The van der Waals surface area contributed by atoms with Crippen molar-refractivity contribution in [2.24, 2.45) is 11.1 Å². The Kier molecular flexibility index (Phi) is 5.45. The van der Waals surface area contributed by atoms with Crippen LogP contribution in [0.1, 0.15) is 28.8 Å². The van der Waals surface area contributed by atoms with Crippen LogP contribution in [0.5, 0.6) is 0 Å². The van der Waals surface area contributed by atoms with Crippen LogP contribution < -0.4 is 5.73 Å². The zero-order valence-electron chi connectivity index (χ0n) is 16.1. The zero-order chi connectivity index (χ0) is 20.3. The zero-order valence-corrected chi connectivity index (χ0v) is 16.9. The number of carbonyl (C=O) groups excluding carboxylic acids is 2. The van der Waals surface area contributed by atoms with Gasteiger partial charge in [0.1, 0.15) is 0 Å². The van der Waals surface area contributed by atoms with Crippen LogP contribution in [-0.4, -0.2) is 34.8 Å². The lowest BCUT2D eigenvalue weighted by atomic mass is 9.73. The lowest BCUT2D eigenvalue weighted by Gasteiger charge is -2.40. The minimum Gasteiger partial charge on any atom is -0.369 e. The normalized spacial score (nSPS) is 15.8. The van der Waals surface area contributed by atoms with E-state index in [1.54, 1.807) is 40.8 Å². The van der Waals surface area contributed by atoms with E-state index in [1.807, 2.05) is 6.07 Å². The second kappa shape index (κ2) is 8.17. The number of benzene rings is 1. The number of piperidine rings is 1. The van der Waals surface area contributed by atoms with Gasteiger partial charge in [-0.3, -0.25) is 14.6 Å². The second-order valence-corrected chi connectivity index (χ2v) is 8.47. The van der Waals surface area contributed by atoms with Crippen LogP contribution in [0.3, 0.4) is 0 Å². The predicted molar refractivity (Wildman–Crippen MR) is 114 cm³/mol. The van der Waals surface area contributed by atoms with E-state index in [9.17, 15) is 9.59 Å². The quantitative estimate of drug-likeness (QED) is 0.702. The molecule has 4 rings (SSSR count). The van der Waals surface area contributed by atoms with Crippen molar-refractivity contribution in [2.75, 3.05) is 13.1 Å². The van der Waals surface area contributed by atoms with Gasteiger partial charge in [-0.2, -0.15) is 0 Å². The standard InChI is InChI=1S/C23H23N3O2S/c24-22(28)23(16-17-3-5-18(6-4-17)20-2-1-15-29-20)9-13-26(14-10-23)21(27)19-7-11-25-12-8-19/h1-8,11-12,15H,9-10,13-14,16H2,(H2,24,28). The fraction of sp³-hybridized carbons (Fsp3) is 0.261. The van der Waals surface area contributed by atoms with Crippen molar-refractivity contribution in [3.05, 3.63) is 77.4 Å². The van der Waals surface area contributed by atoms with E-state index < -0.39 is 5.41 Å². The van der Waals surface area contributed by atoms with Crippen molar-refractivity contribution in [1.82, 2.24) is 9.88 Å². The van der Waals surface area contributed by atoms with E-state index in [-0.39, 0.29) is 11.8 Å². The van der Waals surface area contributed by atoms with E-state index in [2.05, 4.69) is 40.7 Å². The van der Waals surface area contributed by atoms with Gasteiger partial charge in [-0.1, -0.05) is 30.3 Å². The third-order valence-electron chi connectivity index (χ3n) is 5.76. The van der Waals surface area contributed by atoms with Gasteiger partial charge >= 0.3 is 0 Å². The smallest absolute Gasteiger partial charge is 0.253 e. The average Bonchev–Trinajstić information content (AvgIpc) is 3.30. The maximum Gasteiger partial charge on any atom is 0.253 e. The van der Waals surface area contributed by atoms with Crippen LogP contribution in [-0.2, 0) is 11.2 Å². The first-order chi connectivity index (χ1) is 14.1. The molecule has 1 aromatic carbocycles. The van der Waals surface area contributed by atoms with E-state index in [1.165, 1.54) is 10.4 Å². The molecule has 1 saturated heterocycles. The summed E-state index contributed by atoms with van der Waals surface area (Å²) in [6.45, 7) is 1.05. The van der Waals surface area contributed by atoms with Crippen LogP contribution in [0, 0.1) is 5.41 Å². The number of pyridine rings is 1. The molecule has 0 spiro atoms. The number of thiophene rings is 1. The number of aromatic nitrogens is 1. The summed E-state index contributed by atoms with van der Waals surface area (Å²) in [7, 11) is 0. The number of nitrogens with two attached hydrogens (primary N) is 1. The predicted octanol–water partition coefficient (Wildman–Crippen LogP) is 3.76. The first-order valence-corrected chi connectivity index (χ1v) is 10.6. The van der Waals surface area contributed by atoms with Crippen molar-refractivity contribution in [3.8, 4) is 10.4 Å². The first kappa shape index (κ1) is 19.3. The summed E-state index contributed by atoms with van der Waals surface area (Å²) < 4.78 is 0. The molecule has 3 aromatic rings. The van der Waals surface area contributed by atoms with Crippen molar-refractivity contribution >= 4 is 23.2 Å². The third kappa shape index (κ3) is 4.07. The molecule has 1 aliphatic rings. The molecule has 148 valence electrons. The van der Waals surface area contributed by atoms with Gasteiger partial charge in [0, 0.05) is 35.9 Å². The molecule has 5 nitrogen and oxygen atoms in total. The van der Waals surface area contributed by atoms with Crippen molar-refractivity contribution in [2.45, 2.75) is 19.3 Å². The number of likely N-dealkylation sites (tertiary alicyclic amines) is 1. The minimum atomic E-state index is -0.612. The maximum atomic E-state index is 12.7. The number of nitrogens with zero attached hydrogens (tertiary/aromatic N) is 2. The Bertz CT molecular complexity index is 977. The lowest BCUT2D eigenvalue weighted by molar-refractivity contribution is -0.130. The van der Waals surface area contributed by atoms with Gasteiger partial charge in [0.25, 0.3) is 5.91 Å². The lowest BCUT2D eigenvalue weighted by Crippen LogP contribution is -2.49. The number of amides is 2. The van der Waals surface area contributed by atoms with E-state index >= 15 is 0 Å². The number of hydrogen-bond donors (Lipinski definition) is 1. The number of primary amides is 1. The molecular formula is C23H23N3O2S. The van der Waals surface area contributed by atoms with Crippen LogP contribution in [0.2, 0.25) is 0 Å². The highest BCUT2D eigenvalue weighted by atomic mass is 32.1. The molecule has 2 amide bonds. The van der Waals surface area contributed by atoms with Gasteiger partial charge in [0.15, 0.2) is 0 Å². The van der Waals surface area contributed by atoms with Gasteiger partial charge in [0.05, 0.1) is 5.41 Å². The highest BCUT2D eigenvalue weighted by Gasteiger charge is 2.41. The molecule has 6 heteroatoms. The van der Waals surface area contributed by atoms with Crippen LogP contribution in [0.4, 0.5) is 0 Å². The number of hydrogen-bond acceptors (Lipinski definition) is 4. The fourth-order valence-electron chi connectivity index (χ4n) is 3.95. The van der Waals surface area contributed by atoms with Gasteiger partial charge in [-0.15, -0.1) is 11.3 Å². The van der Waals surface area contributed by atoms with Crippen LogP contribution >= 0.6 is 11.3 Å². The SMILES string of the molecule is NC(=O)C1(Cc2ccc(-c3cccs3)cc2)CCN(C(=O)c2ccncc2)CC1. The average molecular weight is 406 g/mol. The topological polar surface area (TPSA) is 76.3 Å². The summed E-state index contributed by atoms with van der Waals surface area (Å²) in [5.41, 5.74) is 8.12. The Morgan fingerprint density at radius 3 is 2.31 bits per heavy atom. The molecule has 0 atom stereocenters. The Morgan fingerprint density at radius 2 is 1.72 bits per heavy atom. The molecule has 1 fully saturated rings. The Morgan fingerprint density at radius 1 is 1.03 bits per heavy atom. The molecule has 0 aliphatic carbocycles. The number of carbonyl (C=O) groups is 2. The third-order valence-corrected chi connectivity index (χ3v) is 6.68. The maximum absolute atomic E-state index is 12.7. The highest BCUT2D eigenvalue weighted by molar-refractivity contribution is 7.13. The van der Waals surface area contributed by atoms with Gasteiger partial charge in [-0.05, 0) is 54.0 Å². The Balaban J connectivity index is 1.45. The summed E-state index contributed by atoms with van der Waals surface area (Å²) in [4.78, 5) is 32.1. The Hall–Kier alpha value is -2.99. The summed E-state index contributed by atoms with van der Waals surface area (Å²) in [5, 5.41) is 2.06. The molecule has 0 radical (unpaired) electrons. The molecule has 2 N–H and O–H groups in total. The van der Waals surface area contributed by atoms with Crippen molar-refractivity contribution in [3.63, 3.8) is 0 Å². The Labute approximate surface area is 174 Å². The molecule has 0 unspecified atom stereocenters. The molecule has 0 saturated carbocycles. The van der Waals surface area contributed by atoms with Crippen molar-refractivity contribution < 1.29 is 9.59 Å². The second-order valence-electron chi connectivity index (χ2n) is 7.52. The monoisotopic (exact) mass is 405 g/mol. The molecular weight excluding hydrogens is 382 g/mol. The largest absolute Gasteiger partial charge is 0.369 e. The summed E-state index contributed by atoms with van der Waals surface area (Å²) in [6.07, 6.45) is 4.98. The van der Waals surface area contributed by atoms with E-state index in [0.717, 1.165) is 5.56 Å². The molecule has 29 heavy (non-hydrogen) atoms. The van der Waals surface area contributed by atoms with Crippen LogP contribution in [0.25, 0.3) is 10.4 Å². The summed E-state index contributed by atoms with van der Waals surface area (Å²) >= 11 is 1.71. The first-order valence-electron chi connectivity index (χ1n) is 9.69. The van der Waals surface area contributed by atoms with Gasteiger partial charge < -0.3 is 10.6 Å². The fourth-order valence-corrected chi connectivity index (χ4v) is 4.68. The van der Waals surface area contributed by atoms with Crippen LogP contribution in [0.15, 0.2) is 66.3 Å². The molecule has 3 heterocycles. The van der Waals surface area contributed by atoms with Gasteiger partial charge in [-0.25, -0.2) is 0 Å². The van der Waals surface area contributed by atoms with Gasteiger partial charge in [0.2, 0.25) is 5.91 Å². The summed E-state index contributed by atoms with van der Waals surface area (Å²) in [6, 6.07) is 15.9. The molecule has 0 bridgehead atoms.